The van der Waals surface area contributed by atoms with Crippen LogP contribution in [-0.2, 0) is 0 Å². The van der Waals surface area contributed by atoms with E-state index in [2.05, 4.69) is 15.9 Å². The second-order valence-corrected chi connectivity index (χ2v) is 3.98. The summed E-state index contributed by atoms with van der Waals surface area (Å²) in [4.78, 5) is 0.807. The average Bonchev–Trinajstić information content (AvgIpc) is 2.14. The normalized spacial score (nSPS) is 9.44. The molecule has 1 rings (SSSR count). The van der Waals surface area contributed by atoms with Gasteiger partial charge in [0.1, 0.15) is 5.84 Å². The zero-order chi connectivity index (χ0) is 6.85. The molecule has 1 heterocycles. The molecule has 0 amide bonds. The van der Waals surface area contributed by atoms with Gasteiger partial charge in [-0.25, -0.2) is 0 Å². The van der Waals surface area contributed by atoms with Crippen LogP contribution in [0.5, 0.6) is 0 Å². The summed E-state index contributed by atoms with van der Waals surface area (Å²) in [7, 11) is 0. The van der Waals surface area contributed by atoms with E-state index in [-0.39, 0.29) is 5.84 Å². The van der Waals surface area contributed by atoms with E-state index >= 15 is 0 Å². The van der Waals surface area contributed by atoms with E-state index in [4.69, 9.17) is 11.1 Å². The van der Waals surface area contributed by atoms with Crippen molar-refractivity contribution in [3.05, 3.63) is 20.8 Å². The van der Waals surface area contributed by atoms with Gasteiger partial charge < -0.3 is 5.73 Å². The first kappa shape index (κ1) is 6.77. The lowest BCUT2D eigenvalue weighted by molar-refractivity contribution is 1.45. The Morgan fingerprint density at radius 1 is 1.67 bits per heavy atom. The van der Waals surface area contributed by atoms with Crippen LogP contribution in [0.4, 0.5) is 0 Å². The van der Waals surface area contributed by atoms with E-state index in [0.29, 0.717) is 0 Å². The van der Waals surface area contributed by atoms with Gasteiger partial charge in [0.2, 0.25) is 0 Å². The third kappa shape index (κ3) is 1.53. The topological polar surface area (TPSA) is 49.9 Å². The number of rotatable bonds is 1. The van der Waals surface area contributed by atoms with Crippen LogP contribution in [0.1, 0.15) is 4.88 Å². The average molecular weight is 205 g/mol. The first-order valence-corrected chi connectivity index (χ1v) is 3.91. The monoisotopic (exact) mass is 204 g/mol. The van der Waals surface area contributed by atoms with Gasteiger partial charge in [-0.15, -0.1) is 11.3 Å². The number of halogens is 1. The van der Waals surface area contributed by atoms with Gasteiger partial charge in [0.05, 0.1) is 8.66 Å². The Bertz CT molecular complexity index is 231. The van der Waals surface area contributed by atoms with E-state index in [9.17, 15) is 0 Å². The Labute approximate surface area is 65.3 Å². The molecule has 9 heavy (non-hydrogen) atoms. The SMILES string of the molecule is N=C(N)c1ccc(Br)s1. The van der Waals surface area contributed by atoms with Gasteiger partial charge in [0.15, 0.2) is 0 Å². The molecule has 0 bridgehead atoms. The molecule has 0 aromatic carbocycles. The summed E-state index contributed by atoms with van der Waals surface area (Å²) in [6.45, 7) is 0. The van der Waals surface area contributed by atoms with Crippen molar-refractivity contribution in [1.29, 1.82) is 5.41 Å². The van der Waals surface area contributed by atoms with Crippen molar-refractivity contribution in [1.82, 2.24) is 0 Å². The highest BCUT2D eigenvalue weighted by atomic mass is 79.9. The summed E-state index contributed by atoms with van der Waals surface area (Å²) in [5, 5.41) is 7.02. The van der Waals surface area contributed by atoms with Crippen LogP contribution in [0.2, 0.25) is 0 Å². The number of nitrogen functional groups attached to an aromatic ring is 1. The van der Waals surface area contributed by atoms with Crippen LogP contribution in [0, 0.1) is 5.41 Å². The fourth-order valence-corrected chi connectivity index (χ4v) is 1.71. The van der Waals surface area contributed by atoms with Gasteiger partial charge in [-0.3, -0.25) is 5.41 Å². The van der Waals surface area contributed by atoms with E-state index in [0.717, 1.165) is 8.66 Å². The van der Waals surface area contributed by atoms with Crippen LogP contribution in [0.15, 0.2) is 15.9 Å². The van der Waals surface area contributed by atoms with Crippen molar-refractivity contribution >= 4 is 33.1 Å². The first-order chi connectivity index (χ1) is 4.20. The summed E-state index contributed by atoms with van der Waals surface area (Å²) in [6, 6.07) is 3.69. The number of thiophene rings is 1. The maximum Gasteiger partial charge on any atom is 0.133 e. The molecule has 0 radical (unpaired) electrons. The first-order valence-electron chi connectivity index (χ1n) is 2.30. The van der Waals surface area contributed by atoms with Crippen LogP contribution in [-0.4, -0.2) is 5.84 Å². The van der Waals surface area contributed by atoms with Gasteiger partial charge in [0, 0.05) is 0 Å². The summed E-state index contributed by atoms with van der Waals surface area (Å²) in [5.41, 5.74) is 5.20. The van der Waals surface area contributed by atoms with Gasteiger partial charge >= 0.3 is 0 Å². The molecular weight excluding hydrogens is 200 g/mol. The summed E-state index contributed by atoms with van der Waals surface area (Å²) >= 11 is 4.73. The van der Waals surface area contributed by atoms with Crippen LogP contribution >= 0.6 is 27.3 Å². The van der Waals surface area contributed by atoms with Crippen molar-refractivity contribution < 1.29 is 0 Å². The van der Waals surface area contributed by atoms with Gasteiger partial charge in [0.25, 0.3) is 0 Å². The number of hydrogen-bond donors (Lipinski definition) is 2. The third-order valence-electron chi connectivity index (χ3n) is 0.839. The zero-order valence-electron chi connectivity index (χ0n) is 4.52. The minimum Gasteiger partial charge on any atom is -0.383 e. The quantitative estimate of drug-likeness (QED) is 0.533. The summed E-state index contributed by atoms with van der Waals surface area (Å²) in [6.07, 6.45) is 0. The van der Waals surface area contributed by atoms with E-state index in [1.807, 2.05) is 12.1 Å². The molecule has 0 aliphatic rings. The molecule has 1 aromatic heterocycles. The van der Waals surface area contributed by atoms with Crippen LogP contribution in [0.3, 0.4) is 0 Å². The molecule has 48 valence electrons. The van der Waals surface area contributed by atoms with Crippen LogP contribution < -0.4 is 5.73 Å². The highest BCUT2D eigenvalue weighted by Gasteiger charge is 1.97. The summed E-state index contributed by atoms with van der Waals surface area (Å²) in [5.74, 6) is 0.130. The minimum atomic E-state index is 0.130. The lowest BCUT2D eigenvalue weighted by Crippen LogP contribution is -2.08. The lowest BCUT2D eigenvalue weighted by Gasteiger charge is -1.85. The van der Waals surface area contributed by atoms with E-state index in [1.54, 1.807) is 0 Å². The Hall–Kier alpha value is -0.350. The van der Waals surface area contributed by atoms with Gasteiger partial charge in [-0.2, -0.15) is 0 Å². The molecule has 0 saturated carbocycles. The molecule has 0 aliphatic carbocycles. The summed E-state index contributed by atoms with van der Waals surface area (Å²) < 4.78 is 1.01. The Morgan fingerprint density at radius 2 is 2.33 bits per heavy atom. The molecule has 0 atom stereocenters. The largest absolute Gasteiger partial charge is 0.383 e. The van der Waals surface area contributed by atoms with Crippen molar-refractivity contribution in [3.63, 3.8) is 0 Å². The molecule has 1 aromatic rings. The molecule has 2 nitrogen and oxygen atoms in total. The van der Waals surface area contributed by atoms with Gasteiger partial charge in [-0.1, -0.05) is 0 Å². The lowest BCUT2D eigenvalue weighted by atomic mass is 10.4. The Balaban J connectivity index is 2.98. The number of hydrogen-bond acceptors (Lipinski definition) is 2. The predicted octanol–water partition coefficient (Wildman–Crippen LogP) is 1.79. The van der Waals surface area contributed by atoms with E-state index < -0.39 is 0 Å². The van der Waals surface area contributed by atoms with E-state index in [1.165, 1.54) is 11.3 Å². The fraction of sp³-hybridized carbons (Fsp3) is 0. The smallest absolute Gasteiger partial charge is 0.133 e. The second-order valence-electron chi connectivity index (χ2n) is 1.52. The van der Waals surface area contributed by atoms with Crippen molar-refractivity contribution in [2.45, 2.75) is 0 Å². The Kier molecular flexibility index (Phi) is 1.87. The zero-order valence-corrected chi connectivity index (χ0v) is 6.92. The maximum absolute atomic E-state index is 7.02. The molecule has 0 spiro atoms. The Morgan fingerprint density at radius 3 is 2.56 bits per heavy atom. The van der Waals surface area contributed by atoms with Crippen molar-refractivity contribution in [2.24, 2.45) is 5.73 Å². The molecule has 0 fully saturated rings. The molecular formula is C5H5BrN2S. The highest BCUT2D eigenvalue weighted by molar-refractivity contribution is 9.11. The number of nitrogens with one attached hydrogen (secondary N) is 1. The van der Waals surface area contributed by atoms with Gasteiger partial charge in [-0.05, 0) is 28.1 Å². The fourth-order valence-electron chi connectivity index (χ4n) is 0.459. The maximum atomic E-state index is 7.02. The standard InChI is InChI=1S/C5H5BrN2S/c6-4-2-1-3(9-4)5(7)8/h1-2H,(H3,7,8). The predicted molar refractivity (Wildman–Crippen MR) is 43.0 cm³/mol. The third-order valence-corrected chi connectivity index (χ3v) is 2.50. The second kappa shape index (κ2) is 2.49. The van der Waals surface area contributed by atoms with Crippen molar-refractivity contribution in [2.75, 3.05) is 0 Å². The minimum absolute atomic E-state index is 0.130. The number of nitrogens with two attached hydrogens (primary N) is 1. The molecule has 0 aliphatic heterocycles. The van der Waals surface area contributed by atoms with Crippen LogP contribution in [0.25, 0.3) is 0 Å². The van der Waals surface area contributed by atoms with Crippen molar-refractivity contribution in [3.8, 4) is 0 Å². The molecule has 0 saturated heterocycles. The highest BCUT2D eigenvalue weighted by Crippen LogP contribution is 2.20. The number of amidine groups is 1. The molecule has 0 unspecified atom stereocenters. The molecule has 4 heteroatoms. The molecule has 3 N–H and O–H groups in total.